The zero-order valence-electron chi connectivity index (χ0n) is 10.5. The molecule has 2 atom stereocenters. The third-order valence-corrected chi connectivity index (χ3v) is 2.75. The van der Waals surface area contributed by atoms with Crippen molar-refractivity contribution in [2.24, 2.45) is 11.7 Å². The predicted octanol–water partition coefficient (Wildman–Crippen LogP) is 2.13. The molecule has 0 saturated heterocycles. The number of benzene rings is 1. The van der Waals surface area contributed by atoms with E-state index in [0.29, 0.717) is 6.54 Å². The van der Waals surface area contributed by atoms with E-state index in [1.165, 1.54) is 18.2 Å². The Hall–Kier alpha value is -1.49. The van der Waals surface area contributed by atoms with E-state index in [9.17, 15) is 13.6 Å². The first-order valence-corrected chi connectivity index (χ1v) is 5.89. The molecule has 3 nitrogen and oxygen atoms in total. The second-order valence-electron chi connectivity index (χ2n) is 4.47. The molecule has 0 heterocycles. The minimum absolute atomic E-state index is 0.0441. The number of carbonyl (C=O) groups is 1. The maximum Gasteiger partial charge on any atom is 0.220 e. The zero-order chi connectivity index (χ0) is 13.7. The zero-order valence-corrected chi connectivity index (χ0v) is 10.5. The molecule has 0 saturated carbocycles. The molecule has 0 aromatic heterocycles. The number of nitrogens with two attached hydrogens (primary N) is 1. The Labute approximate surface area is 105 Å². The molecular weight excluding hydrogens is 238 g/mol. The van der Waals surface area contributed by atoms with Gasteiger partial charge in [-0.15, -0.1) is 0 Å². The van der Waals surface area contributed by atoms with E-state index in [0.717, 1.165) is 0 Å². The fourth-order valence-electron chi connectivity index (χ4n) is 1.70. The van der Waals surface area contributed by atoms with Crippen molar-refractivity contribution in [3.05, 3.63) is 35.4 Å². The molecule has 1 aromatic rings. The summed E-state index contributed by atoms with van der Waals surface area (Å²) in [4.78, 5) is 11.6. The molecule has 0 aliphatic rings. The molecule has 0 bridgehead atoms. The lowest BCUT2D eigenvalue weighted by molar-refractivity contribution is -0.122. The molecular formula is C13H18F2N2O. The maximum absolute atomic E-state index is 13.5. The lowest BCUT2D eigenvalue weighted by Gasteiger charge is -2.17. The van der Waals surface area contributed by atoms with Gasteiger partial charge in [0.2, 0.25) is 5.91 Å². The van der Waals surface area contributed by atoms with Crippen molar-refractivity contribution < 1.29 is 13.6 Å². The summed E-state index contributed by atoms with van der Waals surface area (Å²) < 4.78 is 26.9. The molecule has 0 radical (unpaired) electrons. The molecule has 100 valence electrons. The molecule has 0 fully saturated rings. The summed E-state index contributed by atoms with van der Waals surface area (Å²) in [6, 6.07) is 2.93. The Morgan fingerprint density at radius 2 is 1.89 bits per heavy atom. The summed E-state index contributed by atoms with van der Waals surface area (Å²) in [6.07, 6.45) is 0.247. The minimum atomic E-state index is -0.705. The van der Waals surface area contributed by atoms with E-state index in [1.807, 2.05) is 6.92 Å². The Morgan fingerprint density at radius 3 is 2.39 bits per heavy atom. The van der Waals surface area contributed by atoms with Crippen LogP contribution >= 0.6 is 0 Å². The quantitative estimate of drug-likeness (QED) is 0.848. The minimum Gasteiger partial charge on any atom is -0.349 e. The Morgan fingerprint density at radius 1 is 1.33 bits per heavy atom. The predicted molar refractivity (Wildman–Crippen MR) is 65.8 cm³/mol. The standard InChI is InChI=1S/C13H18F2N2O/c1-8(7-16)6-12(18)17-9(2)13-10(14)4-3-5-11(13)15/h3-5,8-9H,6-7,16H2,1-2H3,(H,17,18). The fourth-order valence-corrected chi connectivity index (χ4v) is 1.70. The van der Waals surface area contributed by atoms with Gasteiger partial charge in [0.15, 0.2) is 0 Å². The number of rotatable bonds is 5. The van der Waals surface area contributed by atoms with Crippen molar-refractivity contribution in [2.45, 2.75) is 26.3 Å². The van der Waals surface area contributed by atoms with Gasteiger partial charge in [-0.2, -0.15) is 0 Å². The van der Waals surface area contributed by atoms with Gasteiger partial charge in [-0.1, -0.05) is 13.0 Å². The van der Waals surface area contributed by atoms with Crippen LogP contribution in [-0.4, -0.2) is 12.5 Å². The normalized spacial score (nSPS) is 14.1. The van der Waals surface area contributed by atoms with E-state index in [1.54, 1.807) is 6.92 Å². The van der Waals surface area contributed by atoms with Gasteiger partial charge in [-0.3, -0.25) is 4.79 Å². The van der Waals surface area contributed by atoms with Crippen LogP contribution in [0.5, 0.6) is 0 Å². The van der Waals surface area contributed by atoms with Crippen molar-refractivity contribution in [3.63, 3.8) is 0 Å². The fraction of sp³-hybridized carbons (Fsp3) is 0.462. The molecule has 18 heavy (non-hydrogen) atoms. The average molecular weight is 256 g/mol. The van der Waals surface area contributed by atoms with Crippen LogP contribution in [0.2, 0.25) is 0 Å². The molecule has 1 aromatic carbocycles. The summed E-state index contributed by atoms with van der Waals surface area (Å²) in [5, 5.41) is 2.57. The van der Waals surface area contributed by atoms with Gasteiger partial charge in [-0.05, 0) is 31.5 Å². The first kappa shape index (κ1) is 14.6. The van der Waals surface area contributed by atoms with Gasteiger partial charge in [0, 0.05) is 12.0 Å². The third kappa shape index (κ3) is 3.77. The summed E-state index contributed by atoms with van der Waals surface area (Å²) in [5.41, 5.74) is 5.29. The number of nitrogens with one attached hydrogen (secondary N) is 1. The van der Waals surface area contributed by atoms with Crippen molar-refractivity contribution in [1.82, 2.24) is 5.32 Å². The Bertz CT molecular complexity index is 403. The van der Waals surface area contributed by atoms with E-state index < -0.39 is 17.7 Å². The van der Waals surface area contributed by atoms with E-state index >= 15 is 0 Å². The highest BCUT2D eigenvalue weighted by atomic mass is 19.1. The van der Waals surface area contributed by atoms with Gasteiger partial charge in [0.05, 0.1) is 6.04 Å². The maximum atomic E-state index is 13.5. The molecule has 1 rings (SSSR count). The van der Waals surface area contributed by atoms with E-state index in [-0.39, 0.29) is 23.8 Å². The van der Waals surface area contributed by atoms with Crippen LogP contribution in [-0.2, 0) is 4.79 Å². The summed E-state index contributed by atoms with van der Waals surface area (Å²) in [6.45, 7) is 3.79. The Kier molecular flexibility index (Phi) is 5.22. The first-order valence-electron chi connectivity index (χ1n) is 5.89. The van der Waals surface area contributed by atoms with Crippen LogP contribution in [0.3, 0.4) is 0 Å². The number of carbonyl (C=O) groups excluding carboxylic acids is 1. The van der Waals surface area contributed by atoms with Crippen LogP contribution in [0.1, 0.15) is 31.9 Å². The van der Waals surface area contributed by atoms with Crippen molar-refractivity contribution >= 4 is 5.91 Å². The van der Waals surface area contributed by atoms with Crippen molar-refractivity contribution in [2.75, 3.05) is 6.54 Å². The van der Waals surface area contributed by atoms with Gasteiger partial charge in [0.1, 0.15) is 11.6 Å². The Balaban J connectivity index is 2.71. The van der Waals surface area contributed by atoms with Gasteiger partial charge in [-0.25, -0.2) is 8.78 Å². The highest BCUT2D eigenvalue weighted by molar-refractivity contribution is 5.76. The second-order valence-corrected chi connectivity index (χ2v) is 4.47. The highest BCUT2D eigenvalue weighted by Crippen LogP contribution is 2.20. The molecule has 1 amide bonds. The van der Waals surface area contributed by atoms with Crippen molar-refractivity contribution in [3.8, 4) is 0 Å². The molecule has 0 spiro atoms. The SMILES string of the molecule is CC(CN)CC(=O)NC(C)c1c(F)cccc1F. The third-order valence-electron chi connectivity index (χ3n) is 2.75. The van der Waals surface area contributed by atoms with E-state index in [2.05, 4.69) is 5.32 Å². The first-order chi connectivity index (χ1) is 8.45. The summed E-state index contributed by atoms with van der Waals surface area (Å²) in [7, 11) is 0. The summed E-state index contributed by atoms with van der Waals surface area (Å²) >= 11 is 0. The molecule has 0 aliphatic carbocycles. The second kappa shape index (κ2) is 6.44. The highest BCUT2D eigenvalue weighted by Gasteiger charge is 2.18. The van der Waals surface area contributed by atoms with Gasteiger partial charge >= 0.3 is 0 Å². The average Bonchev–Trinajstić information content (AvgIpc) is 2.28. The monoisotopic (exact) mass is 256 g/mol. The molecule has 2 unspecified atom stereocenters. The van der Waals surface area contributed by atoms with Crippen LogP contribution in [0, 0.1) is 17.6 Å². The van der Waals surface area contributed by atoms with Crippen LogP contribution in [0.25, 0.3) is 0 Å². The number of hydrogen-bond donors (Lipinski definition) is 2. The van der Waals surface area contributed by atoms with Crippen LogP contribution < -0.4 is 11.1 Å². The van der Waals surface area contributed by atoms with Crippen LogP contribution in [0.15, 0.2) is 18.2 Å². The largest absolute Gasteiger partial charge is 0.349 e. The molecule has 3 N–H and O–H groups in total. The number of hydrogen-bond acceptors (Lipinski definition) is 2. The topological polar surface area (TPSA) is 55.1 Å². The van der Waals surface area contributed by atoms with Crippen LogP contribution in [0.4, 0.5) is 8.78 Å². The van der Waals surface area contributed by atoms with Gasteiger partial charge < -0.3 is 11.1 Å². The smallest absolute Gasteiger partial charge is 0.220 e. The lowest BCUT2D eigenvalue weighted by atomic mass is 10.0. The van der Waals surface area contributed by atoms with Gasteiger partial charge in [0.25, 0.3) is 0 Å². The molecule has 0 aliphatic heterocycles. The van der Waals surface area contributed by atoms with E-state index in [4.69, 9.17) is 5.73 Å². The lowest BCUT2D eigenvalue weighted by Crippen LogP contribution is -2.30. The number of halogens is 2. The summed E-state index contributed by atoms with van der Waals surface area (Å²) in [5.74, 6) is -1.53. The number of amides is 1. The molecule has 5 heteroatoms. The van der Waals surface area contributed by atoms with Crippen molar-refractivity contribution in [1.29, 1.82) is 0 Å².